The summed E-state index contributed by atoms with van der Waals surface area (Å²) in [5.74, 6) is 0.357. The molecule has 3 rings (SSSR count). The standard InChI is InChI=1S/C17H17NO2/c1-12-10-11-18(15-8-4-2-6-13(12)15)17(20)14-7-3-5-9-16(14)19/h2-9,12,19H,10-11H2,1H3/t12-/m1/s1. The largest absolute Gasteiger partial charge is 0.507 e. The first-order chi connectivity index (χ1) is 9.68. The third-order valence-corrected chi connectivity index (χ3v) is 3.92. The van der Waals surface area contributed by atoms with Crippen LogP contribution in [-0.2, 0) is 0 Å². The summed E-state index contributed by atoms with van der Waals surface area (Å²) >= 11 is 0. The lowest BCUT2D eigenvalue weighted by Crippen LogP contribution is -2.36. The van der Waals surface area contributed by atoms with Gasteiger partial charge in [-0.25, -0.2) is 0 Å². The van der Waals surface area contributed by atoms with Crippen molar-refractivity contribution in [3.05, 3.63) is 59.7 Å². The lowest BCUT2D eigenvalue weighted by molar-refractivity contribution is 0.0982. The van der Waals surface area contributed by atoms with Gasteiger partial charge in [0.2, 0.25) is 0 Å². The Bertz CT molecular complexity index is 651. The Kier molecular flexibility index (Phi) is 3.18. The second-order valence-electron chi connectivity index (χ2n) is 5.22. The van der Waals surface area contributed by atoms with Crippen LogP contribution in [0.1, 0.15) is 35.2 Å². The fourth-order valence-corrected chi connectivity index (χ4v) is 2.76. The Balaban J connectivity index is 2.02. The summed E-state index contributed by atoms with van der Waals surface area (Å²) in [6.07, 6.45) is 0.941. The van der Waals surface area contributed by atoms with Crippen molar-refractivity contribution in [1.29, 1.82) is 0 Å². The molecule has 0 saturated heterocycles. The minimum Gasteiger partial charge on any atom is -0.507 e. The van der Waals surface area contributed by atoms with Crippen LogP contribution >= 0.6 is 0 Å². The monoisotopic (exact) mass is 267 g/mol. The lowest BCUT2D eigenvalue weighted by Gasteiger charge is -2.33. The summed E-state index contributed by atoms with van der Waals surface area (Å²) in [6, 6.07) is 14.7. The molecule has 2 aromatic rings. The van der Waals surface area contributed by atoms with Gasteiger partial charge in [0.15, 0.2) is 0 Å². The van der Waals surface area contributed by atoms with Gasteiger partial charge in [0.05, 0.1) is 5.56 Å². The highest BCUT2D eigenvalue weighted by Gasteiger charge is 2.27. The molecule has 1 atom stereocenters. The van der Waals surface area contributed by atoms with Gasteiger partial charge >= 0.3 is 0 Å². The number of anilines is 1. The van der Waals surface area contributed by atoms with E-state index in [2.05, 4.69) is 13.0 Å². The zero-order valence-electron chi connectivity index (χ0n) is 11.4. The van der Waals surface area contributed by atoms with Gasteiger partial charge < -0.3 is 10.0 Å². The van der Waals surface area contributed by atoms with Gasteiger partial charge in [-0.05, 0) is 36.1 Å². The molecule has 1 aliphatic rings. The Hall–Kier alpha value is -2.29. The summed E-state index contributed by atoms with van der Waals surface area (Å²) in [6.45, 7) is 2.87. The van der Waals surface area contributed by atoms with E-state index in [9.17, 15) is 9.90 Å². The number of carbonyl (C=O) groups is 1. The Labute approximate surface area is 118 Å². The number of phenolic OH excluding ortho intramolecular Hbond substituents is 1. The number of fused-ring (bicyclic) bond motifs is 1. The average molecular weight is 267 g/mol. The van der Waals surface area contributed by atoms with E-state index in [4.69, 9.17) is 0 Å². The number of nitrogens with zero attached hydrogens (tertiary/aromatic N) is 1. The molecular weight excluding hydrogens is 250 g/mol. The van der Waals surface area contributed by atoms with Gasteiger partial charge in [-0.15, -0.1) is 0 Å². The molecule has 0 radical (unpaired) electrons. The minimum atomic E-state index is -0.137. The second kappa shape index (κ2) is 5.00. The van der Waals surface area contributed by atoms with Crippen molar-refractivity contribution in [3.63, 3.8) is 0 Å². The molecule has 1 N–H and O–H groups in total. The van der Waals surface area contributed by atoms with E-state index in [1.54, 1.807) is 29.2 Å². The van der Waals surface area contributed by atoms with Gasteiger partial charge in [-0.2, -0.15) is 0 Å². The maximum atomic E-state index is 12.7. The first-order valence-electron chi connectivity index (χ1n) is 6.87. The third kappa shape index (κ3) is 2.05. The Morgan fingerprint density at radius 2 is 1.85 bits per heavy atom. The molecule has 0 spiro atoms. The van der Waals surface area contributed by atoms with E-state index < -0.39 is 0 Å². The van der Waals surface area contributed by atoms with E-state index in [0.29, 0.717) is 18.0 Å². The van der Waals surface area contributed by atoms with E-state index in [0.717, 1.165) is 12.1 Å². The number of rotatable bonds is 1. The average Bonchev–Trinajstić information content (AvgIpc) is 2.48. The van der Waals surface area contributed by atoms with Crippen molar-refractivity contribution in [2.24, 2.45) is 0 Å². The number of amides is 1. The van der Waals surface area contributed by atoms with Crippen LogP contribution in [0, 0.1) is 0 Å². The van der Waals surface area contributed by atoms with Crippen LogP contribution in [0.3, 0.4) is 0 Å². The molecule has 0 aliphatic carbocycles. The van der Waals surface area contributed by atoms with Crippen molar-refractivity contribution >= 4 is 11.6 Å². The highest BCUT2D eigenvalue weighted by atomic mass is 16.3. The van der Waals surface area contributed by atoms with E-state index in [-0.39, 0.29) is 11.7 Å². The molecule has 0 saturated carbocycles. The fraction of sp³-hybridized carbons (Fsp3) is 0.235. The number of aromatic hydroxyl groups is 1. The van der Waals surface area contributed by atoms with E-state index in [1.165, 1.54) is 5.56 Å². The summed E-state index contributed by atoms with van der Waals surface area (Å²) in [7, 11) is 0. The topological polar surface area (TPSA) is 40.5 Å². The van der Waals surface area contributed by atoms with Gasteiger partial charge in [-0.1, -0.05) is 37.3 Å². The fourth-order valence-electron chi connectivity index (χ4n) is 2.76. The quantitative estimate of drug-likeness (QED) is 0.858. The van der Waals surface area contributed by atoms with Crippen LogP contribution < -0.4 is 4.90 Å². The maximum absolute atomic E-state index is 12.7. The van der Waals surface area contributed by atoms with E-state index >= 15 is 0 Å². The predicted molar refractivity (Wildman–Crippen MR) is 79.3 cm³/mol. The zero-order chi connectivity index (χ0) is 14.1. The normalized spacial score (nSPS) is 17.6. The third-order valence-electron chi connectivity index (χ3n) is 3.92. The molecule has 1 aliphatic heterocycles. The number of para-hydroxylation sites is 2. The highest BCUT2D eigenvalue weighted by molar-refractivity contribution is 6.08. The number of hydrogen-bond donors (Lipinski definition) is 1. The Morgan fingerprint density at radius 3 is 2.65 bits per heavy atom. The van der Waals surface area contributed by atoms with Crippen molar-refractivity contribution in [2.45, 2.75) is 19.3 Å². The molecule has 3 heteroatoms. The van der Waals surface area contributed by atoms with Crippen LogP contribution in [0.5, 0.6) is 5.75 Å². The van der Waals surface area contributed by atoms with Crippen molar-refractivity contribution in [1.82, 2.24) is 0 Å². The van der Waals surface area contributed by atoms with Crippen molar-refractivity contribution < 1.29 is 9.90 Å². The molecule has 0 aromatic heterocycles. The summed E-state index contributed by atoms with van der Waals surface area (Å²) in [4.78, 5) is 14.4. The molecule has 102 valence electrons. The molecule has 0 fully saturated rings. The first kappa shape index (κ1) is 12.7. The van der Waals surface area contributed by atoms with Crippen LogP contribution in [0.2, 0.25) is 0 Å². The first-order valence-corrected chi connectivity index (χ1v) is 6.87. The summed E-state index contributed by atoms with van der Waals surface area (Å²) in [5, 5.41) is 9.86. The molecule has 3 nitrogen and oxygen atoms in total. The molecule has 0 bridgehead atoms. The minimum absolute atomic E-state index is 0.0357. The second-order valence-corrected chi connectivity index (χ2v) is 5.22. The lowest BCUT2D eigenvalue weighted by atomic mass is 9.91. The summed E-state index contributed by atoms with van der Waals surface area (Å²) in [5.41, 5.74) is 2.51. The number of hydrogen-bond acceptors (Lipinski definition) is 2. The predicted octanol–water partition coefficient (Wildman–Crippen LogP) is 3.55. The van der Waals surface area contributed by atoms with Crippen LogP contribution in [0.15, 0.2) is 48.5 Å². The number of carbonyl (C=O) groups excluding carboxylic acids is 1. The molecule has 1 heterocycles. The van der Waals surface area contributed by atoms with Crippen molar-refractivity contribution in [3.8, 4) is 5.75 Å². The van der Waals surface area contributed by atoms with Crippen LogP contribution in [0.25, 0.3) is 0 Å². The Morgan fingerprint density at radius 1 is 1.15 bits per heavy atom. The highest BCUT2D eigenvalue weighted by Crippen LogP contribution is 2.36. The zero-order valence-corrected chi connectivity index (χ0v) is 11.4. The molecule has 0 unspecified atom stereocenters. The van der Waals surface area contributed by atoms with Crippen LogP contribution in [-0.4, -0.2) is 17.6 Å². The van der Waals surface area contributed by atoms with Gasteiger partial charge in [0, 0.05) is 12.2 Å². The molecule has 2 aromatic carbocycles. The SMILES string of the molecule is C[C@@H]1CCN(C(=O)c2ccccc2O)c2ccccc21. The number of phenols is 1. The maximum Gasteiger partial charge on any atom is 0.262 e. The number of benzene rings is 2. The van der Waals surface area contributed by atoms with Crippen LogP contribution in [0.4, 0.5) is 5.69 Å². The smallest absolute Gasteiger partial charge is 0.262 e. The summed E-state index contributed by atoms with van der Waals surface area (Å²) < 4.78 is 0. The van der Waals surface area contributed by atoms with Gasteiger partial charge in [0.1, 0.15) is 5.75 Å². The van der Waals surface area contributed by atoms with Gasteiger partial charge in [0.25, 0.3) is 5.91 Å². The molecule has 1 amide bonds. The molecule has 20 heavy (non-hydrogen) atoms. The van der Waals surface area contributed by atoms with Crippen molar-refractivity contribution in [2.75, 3.05) is 11.4 Å². The molecular formula is C17H17NO2. The van der Waals surface area contributed by atoms with E-state index in [1.807, 2.05) is 18.2 Å². The van der Waals surface area contributed by atoms with Gasteiger partial charge in [-0.3, -0.25) is 4.79 Å².